The highest BCUT2D eigenvalue weighted by Crippen LogP contribution is 2.72. The lowest BCUT2D eigenvalue weighted by Gasteiger charge is -2.68. The van der Waals surface area contributed by atoms with Gasteiger partial charge < -0.3 is 9.47 Å². The number of halogens is 3. The van der Waals surface area contributed by atoms with Crippen molar-refractivity contribution in [3.8, 4) is 0 Å². The first-order valence-corrected chi connectivity index (χ1v) is 22.0. The van der Waals surface area contributed by atoms with Gasteiger partial charge in [0.15, 0.2) is 0 Å². The van der Waals surface area contributed by atoms with Crippen LogP contribution in [-0.2, 0) is 19.1 Å². The smallest absolute Gasteiger partial charge is 0.462 e. The van der Waals surface area contributed by atoms with Gasteiger partial charge in [0.2, 0.25) is 0 Å². The van der Waals surface area contributed by atoms with Gasteiger partial charge in [-0.25, -0.2) is 4.79 Å². The van der Waals surface area contributed by atoms with Crippen molar-refractivity contribution in [2.75, 3.05) is 6.61 Å². The number of alkyl halides is 3. The molecule has 7 heteroatoms. The number of carbonyl (C=O) groups is 2. The van der Waals surface area contributed by atoms with Crippen LogP contribution in [0.25, 0.3) is 0 Å². The molecule has 53 heavy (non-hydrogen) atoms. The highest BCUT2D eigenvalue weighted by molar-refractivity contribution is 5.75. The summed E-state index contributed by atoms with van der Waals surface area (Å²) >= 11 is 0. The molecule has 4 fully saturated rings. The molecule has 0 aromatic rings. The Hall–Kier alpha value is -1.53. The molecule has 0 aliphatic heterocycles. The Kier molecular flexibility index (Phi) is 13.6. The van der Waals surface area contributed by atoms with Crippen LogP contribution in [0.4, 0.5) is 13.2 Å². The molecule has 5 aliphatic carbocycles. The molecule has 5 rings (SSSR count). The van der Waals surface area contributed by atoms with Crippen molar-refractivity contribution in [2.45, 2.75) is 208 Å². The van der Waals surface area contributed by atoms with Crippen molar-refractivity contribution < 1.29 is 32.2 Å². The second kappa shape index (κ2) is 16.9. The topological polar surface area (TPSA) is 52.6 Å². The van der Waals surface area contributed by atoms with Crippen molar-refractivity contribution in [2.24, 2.45) is 50.7 Å². The molecule has 0 amide bonds. The van der Waals surface area contributed by atoms with Gasteiger partial charge in [-0.15, -0.1) is 0 Å². The van der Waals surface area contributed by atoms with Gasteiger partial charge >= 0.3 is 18.1 Å². The lowest BCUT2D eigenvalue weighted by molar-refractivity contribution is -0.209. The van der Waals surface area contributed by atoms with Crippen LogP contribution in [0.2, 0.25) is 0 Å². The first-order valence-electron chi connectivity index (χ1n) is 22.0. The van der Waals surface area contributed by atoms with Crippen LogP contribution in [0.15, 0.2) is 11.6 Å². The summed E-state index contributed by atoms with van der Waals surface area (Å²) in [6, 6.07) is 0. The zero-order valence-corrected chi connectivity index (χ0v) is 34.7. The summed E-state index contributed by atoms with van der Waals surface area (Å²) in [6.07, 6.45) is 23.0. The third kappa shape index (κ3) is 9.21. The van der Waals surface area contributed by atoms with Crippen LogP contribution in [0.5, 0.6) is 0 Å². The number of ether oxygens (including phenoxy) is 2. The Labute approximate surface area is 320 Å². The van der Waals surface area contributed by atoms with Gasteiger partial charge in [0.1, 0.15) is 6.10 Å². The number of unbranched alkanes of at least 4 members (excludes halogenated alkanes) is 11. The monoisotopic (exact) mass is 749 g/mol. The van der Waals surface area contributed by atoms with E-state index in [9.17, 15) is 22.8 Å². The molecular formula is C46H75F3O4. The molecule has 0 aromatic carbocycles. The lowest BCUT2D eigenvalue weighted by Crippen LogP contribution is -2.62. The number of allylic oxidation sites excluding steroid dienone is 2. The third-order valence-corrected chi connectivity index (χ3v) is 16.2. The molecule has 0 radical (unpaired) electrons. The maximum Gasteiger partial charge on any atom is 0.490 e. The molecule has 8 unspecified atom stereocenters. The summed E-state index contributed by atoms with van der Waals surface area (Å²) in [6.45, 7) is 16.5. The van der Waals surface area contributed by atoms with Crippen LogP contribution in [-0.4, -0.2) is 30.8 Å². The zero-order chi connectivity index (χ0) is 38.7. The van der Waals surface area contributed by atoms with Crippen molar-refractivity contribution in [3.63, 3.8) is 0 Å². The number of esters is 2. The molecule has 0 heterocycles. The van der Waals surface area contributed by atoms with Gasteiger partial charge in [-0.3, -0.25) is 4.79 Å². The van der Waals surface area contributed by atoms with E-state index in [4.69, 9.17) is 9.47 Å². The maximum atomic E-state index is 13.2. The normalized spacial score (nSPS) is 35.9. The summed E-state index contributed by atoms with van der Waals surface area (Å²) in [7, 11) is 0. The van der Waals surface area contributed by atoms with Crippen molar-refractivity contribution in [1.29, 1.82) is 0 Å². The first kappa shape index (κ1) is 42.6. The van der Waals surface area contributed by atoms with Crippen LogP contribution in [0.3, 0.4) is 0 Å². The fourth-order valence-electron chi connectivity index (χ4n) is 13.1. The fraction of sp³-hybridized carbons (Fsp3) is 0.913. The summed E-state index contributed by atoms with van der Waals surface area (Å²) in [5, 5.41) is 0. The molecular weight excluding hydrogens is 673 g/mol. The van der Waals surface area contributed by atoms with Crippen molar-refractivity contribution >= 4 is 11.9 Å². The SMILES string of the molecule is CCCCCCCCCCCCCCC(=O)OC1CCC2(C)C(CCC3(C)C4CCC5(COC(=O)C(F)(F)F)CCC(C)(C)CC5C4=CCC32)C1(C)C. The van der Waals surface area contributed by atoms with E-state index < -0.39 is 17.6 Å². The van der Waals surface area contributed by atoms with Crippen LogP contribution >= 0.6 is 0 Å². The Balaban J connectivity index is 1.17. The van der Waals surface area contributed by atoms with Crippen LogP contribution in [0.1, 0.15) is 196 Å². The number of carbonyl (C=O) groups excluding carboxylic acids is 2. The largest absolute Gasteiger partial charge is 0.490 e. The van der Waals surface area contributed by atoms with E-state index in [1.807, 2.05) is 0 Å². The molecule has 5 aliphatic rings. The predicted octanol–water partition coefficient (Wildman–Crippen LogP) is 13.5. The number of hydrogen-bond donors (Lipinski definition) is 0. The van der Waals surface area contributed by atoms with Gasteiger partial charge in [-0.05, 0) is 111 Å². The standard InChI is InChI=1S/C46H75F3O4/c1-8-9-10-11-12-13-14-15-16-17-18-19-20-39(50)53-38-25-27-44(7)36(42(38,4)5)24-26-43(6)34-23-28-45(32-52-40(51)46(47,48)49)30-29-41(2,3)31-35(45)33(34)21-22-37(43)44/h21,34-38H,8-20,22-32H2,1-7H3. The molecule has 4 saturated carbocycles. The van der Waals surface area contributed by atoms with Gasteiger partial charge in [-0.2, -0.15) is 13.2 Å². The molecule has 0 N–H and O–H groups in total. The number of rotatable bonds is 16. The van der Waals surface area contributed by atoms with E-state index in [2.05, 4.69) is 54.5 Å². The highest BCUT2D eigenvalue weighted by Gasteiger charge is 2.65. The Bertz CT molecular complexity index is 1290. The van der Waals surface area contributed by atoms with Crippen LogP contribution in [0, 0.1) is 50.7 Å². The second-order valence-electron chi connectivity index (χ2n) is 20.5. The number of hydrogen-bond acceptors (Lipinski definition) is 4. The van der Waals surface area contributed by atoms with Crippen molar-refractivity contribution in [1.82, 2.24) is 0 Å². The Morgan fingerprint density at radius 3 is 1.94 bits per heavy atom. The summed E-state index contributed by atoms with van der Waals surface area (Å²) in [4.78, 5) is 25.0. The lowest BCUT2D eigenvalue weighted by atomic mass is 9.37. The molecule has 0 spiro atoms. The molecule has 0 aromatic heterocycles. The predicted molar refractivity (Wildman–Crippen MR) is 207 cm³/mol. The molecule has 4 nitrogen and oxygen atoms in total. The van der Waals surface area contributed by atoms with E-state index in [0.29, 0.717) is 24.2 Å². The third-order valence-electron chi connectivity index (χ3n) is 16.2. The molecule has 304 valence electrons. The van der Waals surface area contributed by atoms with Crippen molar-refractivity contribution in [3.05, 3.63) is 11.6 Å². The molecule has 8 atom stereocenters. The average molecular weight is 749 g/mol. The average Bonchev–Trinajstić information content (AvgIpc) is 3.08. The van der Waals surface area contributed by atoms with E-state index >= 15 is 0 Å². The maximum absolute atomic E-state index is 13.2. The van der Waals surface area contributed by atoms with Gasteiger partial charge in [-0.1, -0.05) is 131 Å². The quantitative estimate of drug-likeness (QED) is 0.0896. The van der Waals surface area contributed by atoms with E-state index in [1.54, 1.807) is 0 Å². The minimum absolute atomic E-state index is 0.0216. The minimum atomic E-state index is -4.96. The van der Waals surface area contributed by atoms with Crippen LogP contribution < -0.4 is 0 Å². The number of fused-ring (bicyclic) bond motifs is 7. The Morgan fingerprint density at radius 2 is 1.32 bits per heavy atom. The molecule has 0 bridgehead atoms. The summed E-state index contributed by atoms with van der Waals surface area (Å²) in [5.41, 5.74) is 1.26. The highest BCUT2D eigenvalue weighted by atomic mass is 19.4. The van der Waals surface area contributed by atoms with E-state index in [0.717, 1.165) is 77.0 Å². The summed E-state index contributed by atoms with van der Waals surface area (Å²) < 4.78 is 51.0. The Morgan fingerprint density at radius 1 is 0.717 bits per heavy atom. The second-order valence-corrected chi connectivity index (χ2v) is 20.5. The van der Waals surface area contributed by atoms with Gasteiger partial charge in [0, 0.05) is 17.3 Å². The van der Waals surface area contributed by atoms with E-state index in [1.165, 1.54) is 69.8 Å². The zero-order valence-electron chi connectivity index (χ0n) is 34.7. The van der Waals surface area contributed by atoms with Gasteiger partial charge in [0.25, 0.3) is 0 Å². The fourth-order valence-corrected chi connectivity index (χ4v) is 13.1. The van der Waals surface area contributed by atoms with E-state index in [-0.39, 0.29) is 46.3 Å². The minimum Gasteiger partial charge on any atom is -0.462 e. The first-order chi connectivity index (χ1) is 24.9. The van der Waals surface area contributed by atoms with Gasteiger partial charge in [0.05, 0.1) is 6.61 Å². The molecule has 0 saturated heterocycles. The summed E-state index contributed by atoms with van der Waals surface area (Å²) in [5.74, 6) is -0.566.